The largest absolute Gasteiger partial charge is 0.481 e. The summed E-state index contributed by atoms with van der Waals surface area (Å²) in [6, 6.07) is 4.73. The molecule has 0 aliphatic rings. The normalized spacial score (nSPS) is 11.7. The zero-order valence-electron chi connectivity index (χ0n) is 9.54. The van der Waals surface area contributed by atoms with Crippen molar-refractivity contribution in [3.8, 4) is 0 Å². The molecule has 0 aliphatic carbocycles. The summed E-state index contributed by atoms with van der Waals surface area (Å²) in [5.74, 6) is -1.59. The molecule has 3 N–H and O–H groups in total. The molecule has 0 fully saturated rings. The molecule has 0 spiro atoms. The topological polar surface area (TPSA) is 78.4 Å². The van der Waals surface area contributed by atoms with Gasteiger partial charge in [-0.25, -0.2) is 4.79 Å². The fourth-order valence-electron chi connectivity index (χ4n) is 1.09. The molecule has 1 aromatic rings. The van der Waals surface area contributed by atoms with Crippen LogP contribution in [0, 0.1) is 9.49 Å². The lowest BCUT2D eigenvalue weighted by Gasteiger charge is -2.11. The highest BCUT2D eigenvalue weighted by molar-refractivity contribution is 14.1. The van der Waals surface area contributed by atoms with Gasteiger partial charge in [-0.1, -0.05) is 18.5 Å². The predicted molar refractivity (Wildman–Crippen MR) is 78.0 cm³/mol. The number of halogens is 2. The van der Waals surface area contributed by atoms with Crippen LogP contribution in [0.3, 0.4) is 0 Å². The number of nitrogens with one attached hydrogen (secondary N) is 2. The third-order valence-electron chi connectivity index (χ3n) is 2.17. The van der Waals surface area contributed by atoms with E-state index in [2.05, 4.69) is 33.2 Å². The fourth-order valence-corrected chi connectivity index (χ4v) is 1.99. The van der Waals surface area contributed by atoms with Gasteiger partial charge in [0.05, 0.1) is 16.6 Å². The van der Waals surface area contributed by atoms with Crippen molar-refractivity contribution in [2.24, 2.45) is 5.92 Å². The van der Waals surface area contributed by atoms with Crippen molar-refractivity contribution in [1.82, 2.24) is 5.32 Å². The quantitative estimate of drug-likeness (QED) is 0.701. The van der Waals surface area contributed by atoms with E-state index < -0.39 is 17.9 Å². The summed E-state index contributed by atoms with van der Waals surface area (Å²) in [4.78, 5) is 22.1. The zero-order chi connectivity index (χ0) is 13.7. The van der Waals surface area contributed by atoms with Crippen LogP contribution in [-0.4, -0.2) is 23.7 Å². The van der Waals surface area contributed by atoms with Crippen LogP contribution in [0.1, 0.15) is 6.92 Å². The second-order valence-electron chi connectivity index (χ2n) is 3.70. The SMILES string of the molecule is CC(CNC(=O)Nc1ccc(I)cc1Cl)C(=O)O. The molecule has 0 radical (unpaired) electrons. The summed E-state index contributed by atoms with van der Waals surface area (Å²) < 4.78 is 0.961. The van der Waals surface area contributed by atoms with Crippen molar-refractivity contribution in [1.29, 1.82) is 0 Å². The first-order chi connectivity index (χ1) is 8.40. The molecule has 0 saturated carbocycles. The van der Waals surface area contributed by atoms with E-state index >= 15 is 0 Å². The molecule has 0 aromatic heterocycles. The van der Waals surface area contributed by atoms with Gasteiger partial charge in [0.15, 0.2) is 0 Å². The van der Waals surface area contributed by atoms with E-state index in [0.29, 0.717) is 10.7 Å². The third-order valence-corrected chi connectivity index (χ3v) is 3.15. The minimum Gasteiger partial charge on any atom is -0.481 e. The molecular weight excluding hydrogens is 370 g/mol. The molecule has 0 bridgehead atoms. The fraction of sp³-hybridized carbons (Fsp3) is 0.273. The highest BCUT2D eigenvalue weighted by Gasteiger charge is 2.12. The molecule has 0 aliphatic heterocycles. The van der Waals surface area contributed by atoms with Crippen LogP contribution in [0.4, 0.5) is 10.5 Å². The van der Waals surface area contributed by atoms with Crippen molar-refractivity contribution in [2.45, 2.75) is 6.92 Å². The van der Waals surface area contributed by atoms with Crippen molar-refractivity contribution in [3.63, 3.8) is 0 Å². The number of urea groups is 1. The van der Waals surface area contributed by atoms with Crippen molar-refractivity contribution < 1.29 is 14.7 Å². The van der Waals surface area contributed by atoms with Crippen LogP contribution >= 0.6 is 34.2 Å². The molecule has 0 saturated heterocycles. The number of hydrogen-bond donors (Lipinski definition) is 3. The third kappa shape index (κ3) is 4.69. The van der Waals surface area contributed by atoms with Gasteiger partial charge in [-0.05, 0) is 40.8 Å². The first-order valence-electron chi connectivity index (χ1n) is 5.13. The van der Waals surface area contributed by atoms with Crippen LogP contribution in [0.25, 0.3) is 0 Å². The van der Waals surface area contributed by atoms with Crippen molar-refractivity contribution in [2.75, 3.05) is 11.9 Å². The molecule has 18 heavy (non-hydrogen) atoms. The van der Waals surface area contributed by atoms with Gasteiger partial charge in [-0.15, -0.1) is 0 Å². The molecule has 1 unspecified atom stereocenters. The van der Waals surface area contributed by atoms with Gasteiger partial charge in [0.25, 0.3) is 0 Å². The second kappa shape index (κ2) is 6.79. The molecule has 1 atom stereocenters. The van der Waals surface area contributed by atoms with Crippen LogP contribution in [0.2, 0.25) is 5.02 Å². The number of rotatable bonds is 4. The van der Waals surface area contributed by atoms with E-state index in [9.17, 15) is 9.59 Å². The van der Waals surface area contributed by atoms with Crippen LogP contribution < -0.4 is 10.6 Å². The lowest BCUT2D eigenvalue weighted by molar-refractivity contribution is -0.140. The molecule has 2 amide bonds. The molecule has 5 nitrogen and oxygen atoms in total. The number of amides is 2. The summed E-state index contributed by atoms with van der Waals surface area (Å²) in [7, 11) is 0. The monoisotopic (exact) mass is 382 g/mol. The molecular formula is C11H12ClIN2O3. The maximum atomic E-state index is 11.5. The average Bonchev–Trinajstić information content (AvgIpc) is 2.29. The van der Waals surface area contributed by atoms with E-state index in [0.717, 1.165) is 3.57 Å². The highest BCUT2D eigenvalue weighted by Crippen LogP contribution is 2.23. The minimum absolute atomic E-state index is 0.0587. The lowest BCUT2D eigenvalue weighted by atomic mass is 10.2. The Balaban J connectivity index is 2.52. The number of carbonyl (C=O) groups excluding carboxylic acids is 1. The number of carboxylic acids is 1. The number of anilines is 1. The van der Waals surface area contributed by atoms with Gasteiger partial charge in [0, 0.05) is 10.1 Å². The number of hydrogen-bond acceptors (Lipinski definition) is 2. The van der Waals surface area contributed by atoms with Gasteiger partial charge in [-0.3, -0.25) is 4.79 Å². The zero-order valence-corrected chi connectivity index (χ0v) is 12.4. The van der Waals surface area contributed by atoms with Gasteiger partial charge in [0.2, 0.25) is 0 Å². The number of carbonyl (C=O) groups is 2. The first-order valence-corrected chi connectivity index (χ1v) is 6.58. The molecule has 0 heterocycles. The Bertz CT molecular complexity index is 468. The van der Waals surface area contributed by atoms with Crippen LogP contribution in [0.5, 0.6) is 0 Å². The molecule has 98 valence electrons. The van der Waals surface area contributed by atoms with Gasteiger partial charge in [-0.2, -0.15) is 0 Å². The standard InChI is InChI=1S/C11H12ClIN2O3/c1-6(10(16)17)5-14-11(18)15-9-3-2-7(13)4-8(9)12/h2-4,6H,5H2,1H3,(H,16,17)(H2,14,15,18). The predicted octanol–water partition coefficient (Wildman–Crippen LogP) is 2.79. The summed E-state index contributed by atoms with van der Waals surface area (Å²) in [6.45, 7) is 1.57. The van der Waals surface area contributed by atoms with E-state index in [1.165, 1.54) is 6.92 Å². The van der Waals surface area contributed by atoms with Gasteiger partial charge in [0.1, 0.15) is 0 Å². The molecule has 1 aromatic carbocycles. The lowest BCUT2D eigenvalue weighted by Crippen LogP contribution is -2.34. The highest BCUT2D eigenvalue weighted by atomic mass is 127. The summed E-state index contributed by atoms with van der Waals surface area (Å²) in [5.41, 5.74) is 0.484. The Morgan fingerprint density at radius 2 is 2.17 bits per heavy atom. The van der Waals surface area contributed by atoms with Crippen LogP contribution in [0.15, 0.2) is 18.2 Å². The summed E-state index contributed by atoms with van der Waals surface area (Å²) in [5, 5.41) is 14.1. The van der Waals surface area contributed by atoms with Gasteiger partial charge >= 0.3 is 12.0 Å². The smallest absolute Gasteiger partial charge is 0.319 e. The second-order valence-corrected chi connectivity index (χ2v) is 5.35. The van der Waals surface area contributed by atoms with E-state index in [1.54, 1.807) is 12.1 Å². The number of benzene rings is 1. The molecule has 1 rings (SSSR count). The maximum absolute atomic E-state index is 11.5. The molecule has 7 heteroatoms. The van der Waals surface area contributed by atoms with Gasteiger partial charge < -0.3 is 15.7 Å². The number of carboxylic acid groups (broad SMARTS) is 1. The Morgan fingerprint density at radius 3 is 2.72 bits per heavy atom. The Labute approximate surface area is 123 Å². The average molecular weight is 383 g/mol. The first kappa shape index (κ1) is 15.0. The number of aliphatic carboxylic acids is 1. The summed E-state index contributed by atoms with van der Waals surface area (Å²) >= 11 is 8.06. The maximum Gasteiger partial charge on any atom is 0.319 e. The van der Waals surface area contributed by atoms with Crippen LogP contribution in [-0.2, 0) is 4.79 Å². The Morgan fingerprint density at radius 1 is 1.50 bits per heavy atom. The summed E-state index contributed by atoms with van der Waals surface area (Å²) in [6.07, 6.45) is 0. The van der Waals surface area contributed by atoms with Crippen molar-refractivity contribution in [3.05, 3.63) is 26.8 Å². The van der Waals surface area contributed by atoms with E-state index in [1.807, 2.05) is 6.07 Å². The Kier molecular flexibility index (Phi) is 5.67. The van der Waals surface area contributed by atoms with E-state index in [4.69, 9.17) is 16.7 Å². The minimum atomic E-state index is -0.956. The van der Waals surface area contributed by atoms with E-state index in [-0.39, 0.29) is 6.54 Å². The Hall–Kier alpha value is -1.02. The van der Waals surface area contributed by atoms with Crippen molar-refractivity contribution >= 4 is 51.9 Å².